The van der Waals surface area contributed by atoms with Crippen LogP contribution in [0.3, 0.4) is 0 Å². The minimum absolute atomic E-state index is 0.0647. The maximum absolute atomic E-state index is 13.8. The molecule has 1 aliphatic carbocycles. The Morgan fingerprint density at radius 2 is 1.62 bits per heavy atom. The zero-order chi connectivity index (χ0) is 26.7. The average molecular weight is 547 g/mol. The lowest BCUT2D eigenvalue weighted by molar-refractivity contribution is 0.0983. The molecule has 0 atom stereocenters. The molecule has 1 aliphatic rings. The molecule has 0 saturated heterocycles. The molecule has 1 fully saturated rings. The van der Waals surface area contributed by atoms with E-state index >= 15 is 0 Å². The van der Waals surface area contributed by atoms with Crippen molar-refractivity contribution in [1.29, 1.82) is 0 Å². The van der Waals surface area contributed by atoms with Gasteiger partial charge >= 0.3 is 0 Å². The van der Waals surface area contributed by atoms with Gasteiger partial charge in [0, 0.05) is 31.7 Å². The number of rotatable bonds is 12. The van der Waals surface area contributed by atoms with Gasteiger partial charge in [-0.3, -0.25) is 9.69 Å². The maximum atomic E-state index is 13.8. The van der Waals surface area contributed by atoms with Crippen LogP contribution in [0.1, 0.15) is 37.0 Å². The lowest BCUT2D eigenvalue weighted by Crippen LogP contribution is -2.39. The molecule has 1 saturated carbocycles. The molecule has 0 N–H and O–H groups in total. The first-order valence-electron chi connectivity index (χ1n) is 12.4. The van der Waals surface area contributed by atoms with E-state index < -0.39 is 10.0 Å². The van der Waals surface area contributed by atoms with Gasteiger partial charge in [0.05, 0.1) is 19.1 Å². The fraction of sp³-hybridized carbons (Fsp3) is 0.462. The molecule has 0 radical (unpaired) electrons. The number of likely N-dealkylation sites (N-methyl/N-ethyl adjacent to an activating group) is 1. The largest absolute Gasteiger partial charge is 0.495 e. The number of ether oxygens (including phenoxy) is 2. The monoisotopic (exact) mass is 546 g/mol. The van der Waals surface area contributed by atoms with Gasteiger partial charge in [-0.15, -0.1) is 0 Å². The number of hydrogen-bond acceptors (Lipinski definition) is 8. The first-order chi connectivity index (χ1) is 17.7. The van der Waals surface area contributed by atoms with Crippen molar-refractivity contribution < 1.29 is 22.7 Å². The fourth-order valence-corrected chi connectivity index (χ4v) is 6.70. The summed E-state index contributed by atoms with van der Waals surface area (Å²) in [5.41, 5.74) is 1.03. The van der Waals surface area contributed by atoms with Gasteiger partial charge in [-0.05, 0) is 62.3 Å². The Labute approximate surface area is 222 Å². The molecule has 0 bridgehead atoms. The molecule has 9 nitrogen and oxygen atoms in total. The summed E-state index contributed by atoms with van der Waals surface area (Å²) in [7, 11) is 1.20. The Balaban J connectivity index is 1.69. The summed E-state index contributed by atoms with van der Waals surface area (Å²) >= 11 is 1.37. The smallest absolute Gasteiger partial charge is 0.260 e. The molecule has 1 amide bonds. The lowest BCUT2D eigenvalue weighted by Gasteiger charge is -2.25. The Morgan fingerprint density at radius 1 is 1.00 bits per heavy atom. The molecule has 0 aliphatic heterocycles. The number of hydrogen-bond donors (Lipinski definition) is 0. The number of anilines is 1. The summed E-state index contributed by atoms with van der Waals surface area (Å²) in [4.78, 5) is 22.6. The predicted molar refractivity (Wildman–Crippen MR) is 147 cm³/mol. The highest BCUT2D eigenvalue weighted by Gasteiger charge is 2.35. The summed E-state index contributed by atoms with van der Waals surface area (Å²) < 4.78 is 39.1. The quantitative estimate of drug-likeness (QED) is 0.338. The molecular weight excluding hydrogens is 512 g/mol. The SMILES string of the molecule is CCN(CC)CCN(C(=O)c1ccc(S(=O)(=O)N(C)C2CC2)cc1)c1nc2c(OC)ccc(OC)c2s1. The molecule has 0 unspecified atom stereocenters. The molecule has 37 heavy (non-hydrogen) atoms. The molecular formula is C26H34N4O5S2. The number of benzene rings is 2. The number of carbonyl (C=O) groups excluding carboxylic acids is 1. The van der Waals surface area contributed by atoms with Crippen molar-refractivity contribution in [2.45, 2.75) is 37.6 Å². The molecule has 1 aromatic heterocycles. The van der Waals surface area contributed by atoms with Gasteiger partial charge in [-0.25, -0.2) is 13.4 Å². The van der Waals surface area contributed by atoms with Crippen molar-refractivity contribution in [3.63, 3.8) is 0 Å². The fourth-order valence-electron chi connectivity index (χ4n) is 4.18. The van der Waals surface area contributed by atoms with Gasteiger partial charge in [0.2, 0.25) is 10.0 Å². The van der Waals surface area contributed by atoms with E-state index in [9.17, 15) is 13.2 Å². The van der Waals surface area contributed by atoms with Gasteiger partial charge < -0.3 is 14.4 Å². The number of aromatic nitrogens is 1. The van der Waals surface area contributed by atoms with E-state index in [4.69, 9.17) is 14.5 Å². The van der Waals surface area contributed by atoms with Gasteiger partial charge in [0.1, 0.15) is 21.7 Å². The second-order valence-electron chi connectivity index (χ2n) is 8.90. The van der Waals surface area contributed by atoms with Crippen LogP contribution in [0.25, 0.3) is 10.2 Å². The Hall–Kier alpha value is -2.73. The Kier molecular flexibility index (Phi) is 8.37. The highest BCUT2D eigenvalue weighted by atomic mass is 32.2. The molecule has 11 heteroatoms. The van der Waals surface area contributed by atoms with Gasteiger partial charge in [0.15, 0.2) is 5.13 Å². The van der Waals surface area contributed by atoms with E-state index in [1.54, 1.807) is 44.4 Å². The normalized spacial score (nSPS) is 13.9. The topological polar surface area (TPSA) is 92.3 Å². The van der Waals surface area contributed by atoms with Crippen molar-refractivity contribution in [2.75, 3.05) is 52.3 Å². The minimum Gasteiger partial charge on any atom is -0.495 e. The van der Waals surface area contributed by atoms with Crippen LogP contribution < -0.4 is 14.4 Å². The average Bonchev–Trinajstić information content (AvgIpc) is 3.67. The maximum Gasteiger partial charge on any atom is 0.260 e. The Morgan fingerprint density at radius 3 is 2.19 bits per heavy atom. The zero-order valence-corrected chi connectivity index (χ0v) is 23.6. The summed E-state index contributed by atoms with van der Waals surface area (Å²) in [5, 5.41) is 0.528. The number of fused-ring (bicyclic) bond motifs is 1. The van der Waals surface area contributed by atoms with Crippen LogP contribution in [0.2, 0.25) is 0 Å². The second-order valence-corrected chi connectivity index (χ2v) is 11.9. The molecule has 200 valence electrons. The standard InChI is InChI=1S/C26H34N4O5S2/c1-6-29(7-2)16-17-30(26-27-23-21(34-4)14-15-22(35-5)24(23)36-26)25(31)18-8-12-20(13-9-18)37(32,33)28(3)19-10-11-19/h8-9,12-15,19H,6-7,10-11,16-17H2,1-5H3. The molecule has 0 spiro atoms. The number of carbonyl (C=O) groups is 1. The van der Waals surface area contributed by atoms with E-state index in [2.05, 4.69) is 18.7 Å². The van der Waals surface area contributed by atoms with Crippen LogP contribution in [0, 0.1) is 0 Å². The predicted octanol–water partition coefficient (Wildman–Crippen LogP) is 4.09. The summed E-state index contributed by atoms with van der Waals surface area (Å²) in [5.74, 6) is 1.01. The molecule has 3 aromatic rings. The Bertz CT molecular complexity index is 1310. The van der Waals surface area contributed by atoms with E-state index in [1.165, 1.54) is 27.8 Å². The van der Waals surface area contributed by atoms with Crippen LogP contribution in [0.4, 0.5) is 5.13 Å². The van der Waals surface area contributed by atoms with Crippen LogP contribution in [0.5, 0.6) is 11.5 Å². The molecule has 4 rings (SSSR count). The summed E-state index contributed by atoms with van der Waals surface area (Å²) in [6, 6.07) is 9.86. The highest BCUT2D eigenvalue weighted by Crippen LogP contribution is 2.40. The van der Waals surface area contributed by atoms with Gasteiger partial charge in [0.25, 0.3) is 5.91 Å². The van der Waals surface area contributed by atoms with Crippen LogP contribution in [-0.4, -0.2) is 82.0 Å². The van der Waals surface area contributed by atoms with Crippen LogP contribution in [-0.2, 0) is 10.0 Å². The zero-order valence-electron chi connectivity index (χ0n) is 21.9. The second kappa shape index (κ2) is 11.3. The van der Waals surface area contributed by atoms with E-state index in [1.807, 2.05) is 6.07 Å². The van der Waals surface area contributed by atoms with Crippen molar-refractivity contribution in [3.05, 3.63) is 42.0 Å². The van der Waals surface area contributed by atoms with Crippen molar-refractivity contribution >= 4 is 42.6 Å². The first kappa shape index (κ1) is 27.3. The third kappa shape index (κ3) is 5.59. The van der Waals surface area contributed by atoms with Crippen molar-refractivity contribution in [1.82, 2.24) is 14.2 Å². The first-order valence-corrected chi connectivity index (χ1v) is 14.6. The number of thiazole rings is 1. The van der Waals surface area contributed by atoms with Crippen molar-refractivity contribution in [2.24, 2.45) is 0 Å². The molecule has 2 aromatic carbocycles. The summed E-state index contributed by atoms with van der Waals surface area (Å²) in [6.07, 6.45) is 1.76. The number of amides is 1. The van der Waals surface area contributed by atoms with E-state index in [-0.39, 0.29) is 16.8 Å². The molecule has 1 heterocycles. The number of sulfonamides is 1. The minimum atomic E-state index is -3.59. The third-order valence-corrected chi connectivity index (χ3v) is 9.77. The number of nitrogens with zero attached hydrogens (tertiary/aromatic N) is 4. The van der Waals surface area contributed by atoms with E-state index in [0.717, 1.165) is 30.6 Å². The number of methoxy groups -OCH3 is 2. The van der Waals surface area contributed by atoms with E-state index in [0.29, 0.717) is 40.8 Å². The lowest BCUT2D eigenvalue weighted by atomic mass is 10.2. The highest BCUT2D eigenvalue weighted by molar-refractivity contribution is 7.89. The van der Waals surface area contributed by atoms with Crippen molar-refractivity contribution in [3.8, 4) is 11.5 Å². The van der Waals surface area contributed by atoms with Gasteiger partial charge in [-0.2, -0.15) is 4.31 Å². The van der Waals surface area contributed by atoms with Crippen LogP contribution in [0.15, 0.2) is 41.3 Å². The van der Waals surface area contributed by atoms with Gasteiger partial charge in [-0.1, -0.05) is 25.2 Å². The van der Waals surface area contributed by atoms with Crippen LogP contribution >= 0.6 is 11.3 Å². The summed E-state index contributed by atoms with van der Waals surface area (Å²) in [6.45, 7) is 6.99. The third-order valence-electron chi connectivity index (χ3n) is 6.75.